The fourth-order valence-corrected chi connectivity index (χ4v) is 5.14. The molecule has 1 N–H and O–H groups in total. The maximum absolute atomic E-state index is 13.8. The standard InChI is InChI=1S/C16H16ClFN2O5S2/c17-12-1-6-16(15(18)11-12)19-26(21,22)13-2-4-14(5-3-13)27(23,24)20-7-9-25-10-8-20/h1-6,11,19H,7-10H2. The maximum Gasteiger partial charge on any atom is 0.261 e. The van der Waals surface area contributed by atoms with Crippen molar-refractivity contribution < 1.29 is 26.0 Å². The Morgan fingerprint density at radius 2 is 1.56 bits per heavy atom. The van der Waals surface area contributed by atoms with E-state index in [1.807, 2.05) is 0 Å². The topological polar surface area (TPSA) is 92.8 Å². The van der Waals surface area contributed by atoms with Crippen molar-refractivity contribution in [2.75, 3.05) is 31.0 Å². The predicted molar refractivity (Wildman–Crippen MR) is 98.2 cm³/mol. The molecule has 2 aromatic rings. The Hall–Kier alpha value is -1.72. The molecular formula is C16H16ClFN2O5S2. The summed E-state index contributed by atoms with van der Waals surface area (Å²) in [5.74, 6) is -0.822. The van der Waals surface area contributed by atoms with Crippen LogP contribution in [0.25, 0.3) is 0 Å². The Bertz CT molecular complexity index is 1040. The molecule has 1 heterocycles. The summed E-state index contributed by atoms with van der Waals surface area (Å²) >= 11 is 5.64. The van der Waals surface area contributed by atoms with E-state index in [9.17, 15) is 21.2 Å². The van der Waals surface area contributed by atoms with Gasteiger partial charge in [-0.25, -0.2) is 21.2 Å². The van der Waals surface area contributed by atoms with Crippen molar-refractivity contribution >= 4 is 37.3 Å². The first-order valence-electron chi connectivity index (χ1n) is 7.86. The molecule has 0 aliphatic carbocycles. The minimum atomic E-state index is -4.10. The van der Waals surface area contributed by atoms with Crippen LogP contribution < -0.4 is 4.72 Å². The fourth-order valence-electron chi connectivity index (χ4n) is 2.50. The third-order valence-electron chi connectivity index (χ3n) is 3.92. The molecule has 0 saturated carbocycles. The Morgan fingerprint density at radius 3 is 2.15 bits per heavy atom. The van der Waals surface area contributed by atoms with Crippen molar-refractivity contribution in [1.29, 1.82) is 0 Å². The van der Waals surface area contributed by atoms with Gasteiger partial charge in [-0.1, -0.05) is 11.6 Å². The van der Waals surface area contributed by atoms with Gasteiger partial charge in [0, 0.05) is 18.1 Å². The fraction of sp³-hybridized carbons (Fsp3) is 0.250. The van der Waals surface area contributed by atoms with Gasteiger partial charge in [-0.2, -0.15) is 4.31 Å². The van der Waals surface area contributed by atoms with E-state index in [1.165, 1.54) is 28.6 Å². The van der Waals surface area contributed by atoms with Gasteiger partial charge in [-0.3, -0.25) is 4.72 Å². The molecule has 146 valence electrons. The second-order valence-electron chi connectivity index (χ2n) is 5.72. The Balaban J connectivity index is 1.83. The number of sulfonamides is 2. The number of hydrogen-bond acceptors (Lipinski definition) is 5. The third-order valence-corrected chi connectivity index (χ3v) is 7.45. The maximum atomic E-state index is 13.8. The molecule has 2 aromatic carbocycles. The Kier molecular flexibility index (Phi) is 5.73. The average Bonchev–Trinajstić information content (AvgIpc) is 2.65. The van der Waals surface area contributed by atoms with Crippen molar-refractivity contribution in [3.63, 3.8) is 0 Å². The Labute approximate surface area is 161 Å². The van der Waals surface area contributed by atoms with E-state index in [-0.39, 0.29) is 33.6 Å². The molecule has 27 heavy (non-hydrogen) atoms. The molecule has 11 heteroatoms. The molecule has 0 spiro atoms. The highest BCUT2D eigenvalue weighted by Gasteiger charge is 2.27. The molecule has 0 amide bonds. The number of anilines is 1. The van der Waals surface area contributed by atoms with Crippen LogP contribution in [0.3, 0.4) is 0 Å². The molecule has 0 radical (unpaired) electrons. The number of hydrogen-bond donors (Lipinski definition) is 1. The lowest BCUT2D eigenvalue weighted by molar-refractivity contribution is 0.0730. The van der Waals surface area contributed by atoms with Gasteiger partial charge >= 0.3 is 0 Å². The van der Waals surface area contributed by atoms with Gasteiger partial charge in [-0.05, 0) is 42.5 Å². The number of halogens is 2. The van der Waals surface area contributed by atoms with E-state index in [0.29, 0.717) is 13.2 Å². The van der Waals surface area contributed by atoms with Crippen molar-refractivity contribution in [3.05, 3.63) is 53.3 Å². The van der Waals surface area contributed by atoms with Crippen LogP contribution in [0.15, 0.2) is 52.3 Å². The highest BCUT2D eigenvalue weighted by molar-refractivity contribution is 7.92. The van der Waals surface area contributed by atoms with Crippen molar-refractivity contribution in [2.24, 2.45) is 0 Å². The van der Waals surface area contributed by atoms with Crippen molar-refractivity contribution in [3.8, 4) is 0 Å². The smallest absolute Gasteiger partial charge is 0.261 e. The second kappa shape index (κ2) is 7.72. The monoisotopic (exact) mass is 434 g/mol. The predicted octanol–water partition coefficient (Wildman–Crippen LogP) is 2.30. The number of benzene rings is 2. The molecule has 7 nitrogen and oxygen atoms in total. The number of morpholine rings is 1. The molecule has 0 bridgehead atoms. The number of ether oxygens (including phenoxy) is 1. The van der Waals surface area contributed by atoms with Crippen LogP contribution in [-0.2, 0) is 24.8 Å². The summed E-state index contributed by atoms with van der Waals surface area (Å²) in [6.45, 7) is 1.09. The molecule has 0 atom stereocenters. The van der Waals surface area contributed by atoms with Crippen LogP contribution in [0.5, 0.6) is 0 Å². The summed E-state index contributed by atoms with van der Waals surface area (Å²) in [4.78, 5) is -0.223. The van der Waals surface area contributed by atoms with Gasteiger partial charge in [0.25, 0.3) is 10.0 Å². The Morgan fingerprint density at radius 1 is 0.963 bits per heavy atom. The minimum Gasteiger partial charge on any atom is -0.379 e. The number of nitrogens with one attached hydrogen (secondary N) is 1. The van der Waals surface area contributed by atoms with Crippen LogP contribution in [0.4, 0.5) is 10.1 Å². The number of nitrogens with zero attached hydrogens (tertiary/aromatic N) is 1. The van der Waals surface area contributed by atoms with Gasteiger partial charge in [0.1, 0.15) is 5.82 Å². The van der Waals surface area contributed by atoms with Crippen LogP contribution in [0.1, 0.15) is 0 Å². The van der Waals surface area contributed by atoms with Crippen molar-refractivity contribution in [2.45, 2.75) is 9.79 Å². The van der Waals surface area contributed by atoms with E-state index in [0.717, 1.165) is 18.2 Å². The van der Waals surface area contributed by atoms with E-state index < -0.39 is 25.9 Å². The van der Waals surface area contributed by atoms with Crippen LogP contribution in [0, 0.1) is 5.82 Å². The summed E-state index contributed by atoms with van der Waals surface area (Å²) < 4.78 is 72.3. The highest BCUT2D eigenvalue weighted by Crippen LogP contribution is 2.24. The first-order valence-corrected chi connectivity index (χ1v) is 11.2. The molecular weight excluding hydrogens is 419 g/mol. The molecule has 1 aliphatic heterocycles. The summed E-state index contributed by atoms with van der Waals surface area (Å²) in [5.41, 5.74) is -0.260. The lowest BCUT2D eigenvalue weighted by Crippen LogP contribution is -2.40. The van der Waals surface area contributed by atoms with E-state index in [1.54, 1.807) is 0 Å². The highest BCUT2D eigenvalue weighted by atomic mass is 35.5. The van der Waals surface area contributed by atoms with E-state index in [2.05, 4.69) is 4.72 Å². The SMILES string of the molecule is O=S(=O)(Nc1ccc(Cl)cc1F)c1ccc(S(=O)(=O)N2CCOCC2)cc1. The molecule has 1 saturated heterocycles. The molecule has 1 aliphatic rings. The largest absolute Gasteiger partial charge is 0.379 e. The van der Waals surface area contributed by atoms with Gasteiger partial charge in [0.2, 0.25) is 10.0 Å². The van der Waals surface area contributed by atoms with Crippen molar-refractivity contribution in [1.82, 2.24) is 4.31 Å². The number of rotatable bonds is 5. The molecule has 0 aromatic heterocycles. The zero-order valence-electron chi connectivity index (χ0n) is 13.9. The minimum absolute atomic E-state index is 0.0268. The summed E-state index contributed by atoms with van der Waals surface area (Å²) in [6.07, 6.45) is 0. The van der Waals surface area contributed by atoms with Gasteiger partial charge in [0.15, 0.2) is 0 Å². The van der Waals surface area contributed by atoms with Gasteiger partial charge < -0.3 is 4.74 Å². The third kappa shape index (κ3) is 4.41. The average molecular weight is 435 g/mol. The zero-order chi connectivity index (χ0) is 19.7. The van der Waals surface area contributed by atoms with Crippen LogP contribution in [-0.4, -0.2) is 47.4 Å². The summed E-state index contributed by atoms with van der Waals surface area (Å²) in [5, 5.41) is 0.133. The van der Waals surface area contributed by atoms with E-state index in [4.69, 9.17) is 16.3 Å². The molecule has 3 rings (SSSR count). The summed E-state index contributed by atoms with van der Waals surface area (Å²) in [6, 6.07) is 8.26. The lowest BCUT2D eigenvalue weighted by Gasteiger charge is -2.26. The molecule has 0 unspecified atom stereocenters. The normalized spacial score (nSPS) is 16.2. The van der Waals surface area contributed by atoms with Crippen LogP contribution in [0.2, 0.25) is 5.02 Å². The quantitative estimate of drug-likeness (QED) is 0.779. The summed E-state index contributed by atoms with van der Waals surface area (Å²) in [7, 11) is -7.83. The lowest BCUT2D eigenvalue weighted by atomic mass is 10.3. The second-order valence-corrected chi connectivity index (χ2v) is 9.77. The zero-order valence-corrected chi connectivity index (χ0v) is 16.3. The van der Waals surface area contributed by atoms with Gasteiger partial charge in [0.05, 0.1) is 28.7 Å². The van der Waals surface area contributed by atoms with Gasteiger partial charge in [-0.15, -0.1) is 0 Å². The first kappa shape index (κ1) is 20.0. The first-order chi connectivity index (χ1) is 12.7. The van der Waals surface area contributed by atoms with E-state index >= 15 is 0 Å². The molecule has 1 fully saturated rings. The van der Waals surface area contributed by atoms with Crippen LogP contribution >= 0.6 is 11.6 Å².